The lowest BCUT2D eigenvalue weighted by Gasteiger charge is -2.28. The number of furan rings is 1. The lowest BCUT2D eigenvalue weighted by Crippen LogP contribution is -2.31. The number of non-ortho nitro benzene ring substituents is 1. The molecule has 0 spiro atoms. The van der Waals surface area contributed by atoms with E-state index in [1.54, 1.807) is 26.0 Å². The van der Waals surface area contributed by atoms with Crippen LogP contribution in [-0.4, -0.2) is 22.5 Å². The van der Waals surface area contributed by atoms with Crippen LogP contribution in [0.4, 0.5) is 17.1 Å². The number of hydrogen-bond donors (Lipinski definition) is 3. The number of benzene rings is 2. The molecule has 3 N–H and O–H groups in total. The van der Waals surface area contributed by atoms with Crippen molar-refractivity contribution in [1.29, 1.82) is 5.26 Å². The number of nitriles is 1. The minimum Gasteiger partial charge on any atom is -0.468 e. The Balaban J connectivity index is 1.55. The number of thioether (sulfide) groups is 1. The van der Waals surface area contributed by atoms with Crippen LogP contribution in [-0.2, 0) is 16.0 Å². The number of rotatable bonds is 9. The van der Waals surface area contributed by atoms with E-state index in [0.717, 1.165) is 23.7 Å². The minimum absolute atomic E-state index is 0.0482. The van der Waals surface area contributed by atoms with E-state index in [2.05, 4.69) is 28.9 Å². The maximum absolute atomic E-state index is 13.5. The second-order valence-corrected chi connectivity index (χ2v) is 10.1. The van der Waals surface area contributed by atoms with Gasteiger partial charge < -0.3 is 20.4 Å². The lowest BCUT2D eigenvalue weighted by atomic mass is 9.85. The zero-order valence-electron chi connectivity index (χ0n) is 22.1. The van der Waals surface area contributed by atoms with E-state index in [1.807, 2.05) is 24.3 Å². The van der Waals surface area contributed by atoms with Crippen LogP contribution < -0.4 is 16.0 Å². The SMILES string of the molecule is CCc1ccc(NC(=O)C2=C(C)NC(SCC(=O)Nc3ccc([N+](=O)[O-])cc3C)=C(C#N)C2c2ccco2)cc1. The summed E-state index contributed by atoms with van der Waals surface area (Å²) in [6.45, 7) is 5.46. The molecule has 40 heavy (non-hydrogen) atoms. The van der Waals surface area contributed by atoms with Gasteiger partial charge in [0.05, 0.1) is 45.1 Å². The monoisotopic (exact) mass is 557 g/mol. The van der Waals surface area contributed by atoms with E-state index < -0.39 is 10.8 Å². The number of nitro benzene ring substituents is 1. The van der Waals surface area contributed by atoms with Crippen LogP contribution in [0.2, 0.25) is 0 Å². The molecule has 2 heterocycles. The van der Waals surface area contributed by atoms with Gasteiger partial charge in [0, 0.05) is 29.2 Å². The van der Waals surface area contributed by atoms with E-state index in [1.165, 1.54) is 24.5 Å². The summed E-state index contributed by atoms with van der Waals surface area (Å²) in [6.07, 6.45) is 2.36. The number of nitrogens with one attached hydrogen (secondary N) is 3. The fourth-order valence-electron chi connectivity index (χ4n) is 4.32. The van der Waals surface area contributed by atoms with Crippen molar-refractivity contribution >= 4 is 40.6 Å². The fourth-order valence-corrected chi connectivity index (χ4v) is 5.21. The predicted octanol–water partition coefficient (Wildman–Crippen LogP) is 5.77. The average molecular weight is 558 g/mol. The normalized spacial score (nSPS) is 14.8. The number of anilines is 2. The first-order valence-corrected chi connectivity index (χ1v) is 13.4. The number of allylic oxidation sites excluding steroid dienone is 2. The number of carbonyl (C=O) groups excluding carboxylic acids is 2. The molecular formula is C29H27N5O5S. The molecule has 4 rings (SSSR count). The topological polar surface area (TPSA) is 150 Å². The Hall–Kier alpha value is -4.82. The molecule has 1 aromatic heterocycles. The number of dihydropyridines is 1. The highest BCUT2D eigenvalue weighted by Crippen LogP contribution is 2.41. The first-order valence-electron chi connectivity index (χ1n) is 12.4. The number of carbonyl (C=O) groups is 2. The van der Waals surface area contributed by atoms with Crippen LogP contribution >= 0.6 is 11.8 Å². The molecule has 204 valence electrons. The third kappa shape index (κ3) is 6.24. The zero-order chi connectivity index (χ0) is 28.8. The highest BCUT2D eigenvalue weighted by atomic mass is 32.2. The van der Waals surface area contributed by atoms with Crippen molar-refractivity contribution in [1.82, 2.24) is 5.32 Å². The van der Waals surface area contributed by atoms with Gasteiger partial charge in [0.2, 0.25) is 5.91 Å². The largest absolute Gasteiger partial charge is 0.468 e. The Morgan fingerprint density at radius 3 is 2.50 bits per heavy atom. The van der Waals surface area contributed by atoms with E-state index in [0.29, 0.717) is 39.0 Å². The van der Waals surface area contributed by atoms with Gasteiger partial charge in [0.1, 0.15) is 5.76 Å². The first kappa shape index (κ1) is 28.2. The highest BCUT2D eigenvalue weighted by molar-refractivity contribution is 8.03. The molecule has 0 fully saturated rings. The molecule has 3 aromatic rings. The third-order valence-electron chi connectivity index (χ3n) is 6.38. The molecule has 1 aliphatic heterocycles. The second kappa shape index (κ2) is 12.4. The van der Waals surface area contributed by atoms with Crippen LogP contribution in [0.15, 0.2) is 87.1 Å². The summed E-state index contributed by atoms with van der Waals surface area (Å²) in [5, 5.41) is 30.4. The number of hydrogen-bond acceptors (Lipinski definition) is 8. The van der Waals surface area contributed by atoms with Crippen molar-refractivity contribution < 1.29 is 18.9 Å². The van der Waals surface area contributed by atoms with Crippen molar-refractivity contribution in [2.45, 2.75) is 33.1 Å². The smallest absolute Gasteiger partial charge is 0.269 e. The summed E-state index contributed by atoms with van der Waals surface area (Å²) in [5.41, 5.74) is 3.82. The number of nitro groups is 1. The Morgan fingerprint density at radius 1 is 1.15 bits per heavy atom. The van der Waals surface area contributed by atoms with Crippen molar-refractivity contribution in [3.05, 3.63) is 110 Å². The van der Waals surface area contributed by atoms with Crippen molar-refractivity contribution in [3.8, 4) is 6.07 Å². The Kier molecular flexibility index (Phi) is 8.71. The van der Waals surface area contributed by atoms with Crippen molar-refractivity contribution in [2.24, 2.45) is 0 Å². The average Bonchev–Trinajstić information content (AvgIpc) is 3.47. The molecule has 2 aromatic carbocycles. The summed E-state index contributed by atoms with van der Waals surface area (Å²) >= 11 is 1.12. The molecule has 0 saturated heterocycles. The van der Waals surface area contributed by atoms with E-state index >= 15 is 0 Å². The molecule has 1 unspecified atom stereocenters. The Bertz CT molecular complexity index is 1550. The van der Waals surface area contributed by atoms with Gasteiger partial charge in [-0.2, -0.15) is 5.26 Å². The molecule has 10 nitrogen and oxygen atoms in total. The zero-order valence-corrected chi connectivity index (χ0v) is 22.9. The lowest BCUT2D eigenvalue weighted by molar-refractivity contribution is -0.384. The molecule has 0 aliphatic carbocycles. The van der Waals surface area contributed by atoms with Gasteiger partial charge in [-0.15, -0.1) is 0 Å². The van der Waals surface area contributed by atoms with Gasteiger partial charge >= 0.3 is 0 Å². The standard InChI is InChI=1S/C29H27N5O5S/c1-4-19-7-9-20(10-8-19)32-28(36)26-18(3)31-29(22(15-30)27(26)24-6-5-13-39-24)40-16-25(35)33-23-12-11-21(34(37)38)14-17(23)2/h5-14,27,31H,4,16H2,1-3H3,(H,32,36)(H,33,35). The maximum atomic E-state index is 13.5. The van der Waals surface area contributed by atoms with Gasteiger partial charge in [-0.05, 0) is 61.7 Å². The first-order chi connectivity index (χ1) is 19.2. The van der Waals surface area contributed by atoms with Gasteiger partial charge in [0.15, 0.2) is 0 Å². The fraction of sp³-hybridized carbons (Fsp3) is 0.207. The predicted molar refractivity (Wildman–Crippen MR) is 153 cm³/mol. The maximum Gasteiger partial charge on any atom is 0.269 e. The quantitative estimate of drug-likeness (QED) is 0.222. The second-order valence-electron chi connectivity index (χ2n) is 9.06. The molecule has 0 radical (unpaired) electrons. The van der Waals surface area contributed by atoms with Gasteiger partial charge in [-0.25, -0.2) is 0 Å². The van der Waals surface area contributed by atoms with Crippen molar-refractivity contribution in [3.63, 3.8) is 0 Å². The summed E-state index contributed by atoms with van der Waals surface area (Å²) in [5.74, 6) is -1.14. The van der Waals surface area contributed by atoms with E-state index in [4.69, 9.17) is 4.42 Å². The number of aryl methyl sites for hydroxylation is 2. The third-order valence-corrected chi connectivity index (χ3v) is 7.40. The van der Waals surface area contributed by atoms with Crippen LogP contribution in [0.5, 0.6) is 0 Å². The van der Waals surface area contributed by atoms with Crippen LogP contribution in [0.1, 0.15) is 36.7 Å². The number of nitrogens with zero attached hydrogens (tertiary/aromatic N) is 2. The molecule has 11 heteroatoms. The van der Waals surface area contributed by atoms with Crippen LogP contribution in [0, 0.1) is 28.4 Å². The summed E-state index contributed by atoms with van der Waals surface area (Å²) in [6, 6.07) is 17.3. The van der Waals surface area contributed by atoms with E-state index in [9.17, 15) is 25.0 Å². The van der Waals surface area contributed by atoms with Gasteiger partial charge in [-0.1, -0.05) is 30.8 Å². The van der Waals surface area contributed by atoms with Crippen molar-refractivity contribution in [2.75, 3.05) is 16.4 Å². The summed E-state index contributed by atoms with van der Waals surface area (Å²) in [7, 11) is 0. The summed E-state index contributed by atoms with van der Waals surface area (Å²) < 4.78 is 5.64. The van der Waals surface area contributed by atoms with Gasteiger partial charge in [0.25, 0.3) is 11.6 Å². The number of amides is 2. The summed E-state index contributed by atoms with van der Waals surface area (Å²) in [4.78, 5) is 36.7. The van der Waals surface area contributed by atoms with Crippen LogP contribution in [0.25, 0.3) is 0 Å². The van der Waals surface area contributed by atoms with E-state index in [-0.39, 0.29) is 28.8 Å². The molecule has 1 atom stereocenters. The molecule has 2 amide bonds. The van der Waals surface area contributed by atoms with Gasteiger partial charge in [-0.3, -0.25) is 19.7 Å². The highest BCUT2D eigenvalue weighted by Gasteiger charge is 2.36. The minimum atomic E-state index is -0.779. The molecular weight excluding hydrogens is 530 g/mol. The molecule has 0 saturated carbocycles. The van der Waals surface area contributed by atoms with Crippen LogP contribution in [0.3, 0.4) is 0 Å². The Morgan fingerprint density at radius 2 is 1.90 bits per heavy atom. The molecule has 0 bridgehead atoms. The molecule has 1 aliphatic rings. The Labute approximate surface area is 235 Å².